The number of nitrogens with one attached hydrogen (secondary N) is 1. The number of alkyl halides is 3. The third kappa shape index (κ3) is 4.45. The SMILES string of the molecule is CNC(CCCC(F)(F)F)c1ccc(Cl)o1. The zero-order chi connectivity index (χ0) is 12.2. The van der Waals surface area contributed by atoms with Crippen LogP contribution in [-0.4, -0.2) is 13.2 Å². The van der Waals surface area contributed by atoms with Crippen molar-refractivity contribution in [2.45, 2.75) is 31.5 Å². The Morgan fingerprint density at radius 3 is 2.56 bits per heavy atom. The quantitative estimate of drug-likeness (QED) is 0.862. The summed E-state index contributed by atoms with van der Waals surface area (Å²) in [7, 11) is 1.68. The van der Waals surface area contributed by atoms with Crippen molar-refractivity contribution in [3.05, 3.63) is 23.1 Å². The molecule has 0 amide bonds. The highest BCUT2D eigenvalue weighted by atomic mass is 35.5. The summed E-state index contributed by atoms with van der Waals surface area (Å²) in [5.74, 6) is 0.565. The Hall–Kier alpha value is -0.680. The highest BCUT2D eigenvalue weighted by Gasteiger charge is 2.27. The summed E-state index contributed by atoms with van der Waals surface area (Å²) in [6.45, 7) is 0. The van der Waals surface area contributed by atoms with E-state index in [1.807, 2.05) is 0 Å². The standard InChI is InChI=1S/C10H13ClF3NO/c1-15-7(3-2-6-10(12,13)14)8-4-5-9(11)16-8/h4-5,7,15H,2-3,6H2,1H3. The molecule has 2 nitrogen and oxygen atoms in total. The summed E-state index contributed by atoms with van der Waals surface area (Å²) in [5, 5.41) is 3.14. The molecular formula is C10H13ClF3NO. The van der Waals surface area contributed by atoms with Crippen molar-refractivity contribution in [3.63, 3.8) is 0 Å². The van der Waals surface area contributed by atoms with E-state index < -0.39 is 12.6 Å². The van der Waals surface area contributed by atoms with E-state index in [9.17, 15) is 13.2 Å². The van der Waals surface area contributed by atoms with Gasteiger partial charge in [0.1, 0.15) is 5.76 Å². The van der Waals surface area contributed by atoms with Crippen LogP contribution in [0.2, 0.25) is 5.22 Å². The van der Waals surface area contributed by atoms with Crippen molar-refractivity contribution in [1.82, 2.24) is 5.32 Å². The Labute approximate surface area is 96.8 Å². The highest BCUT2D eigenvalue weighted by molar-refractivity contribution is 6.28. The lowest BCUT2D eigenvalue weighted by Crippen LogP contribution is -2.17. The summed E-state index contributed by atoms with van der Waals surface area (Å²) < 4.78 is 41.0. The molecule has 0 fully saturated rings. The molecule has 1 aromatic heterocycles. The van der Waals surface area contributed by atoms with E-state index in [0.29, 0.717) is 12.2 Å². The Balaban J connectivity index is 2.44. The molecule has 1 N–H and O–H groups in total. The second-order valence-corrected chi connectivity index (χ2v) is 3.86. The first-order chi connectivity index (χ1) is 7.42. The molecule has 0 aliphatic rings. The molecule has 0 spiro atoms. The minimum Gasteiger partial charge on any atom is -0.448 e. The van der Waals surface area contributed by atoms with Gasteiger partial charge in [0.25, 0.3) is 0 Å². The molecule has 0 aromatic carbocycles. The van der Waals surface area contributed by atoms with Crippen LogP contribution in [0.4, 0.5) is 13.2 Å². The van der Waals surface area contributed by atoms with Gasteiger partial charge in [0.15, 0.2) is 5.22 Å². The van der Waals surface area contributed by atoms with Gasteiger partial charge in [0.2, 0.25) is 0 Å². The lowest BCUT2D eigenvalue weighted by atomic mass is 10.1. The maximum absolute atomic E-state index is 12.0. The molecule has 0 saturated carbocycles. The van der Waals surface area contributed by atoms with Gasteiger partial charge in [-0.2, -0.15) is 13.2 Å². The molecule has 16 heavy (non-hydrogen) atoms. The van der Waals surface area contributed by atoms with Crippen molar-refractivity contribution in [2.75, 3.05) is 7.05 Å². The van der Waals surface area contributed by atoms with Crippen molar-refractivity contribution < 1.29 is 17.6 Å². The lowest BCUT2D eigenvalue weighted by Gasteiger charge is -2.14. The maximum Gasteiger partial charge on any atom is 0.389 e. The lowest BCUT2D eigenvalue weighted by molar-refractivity contribution is -0.135. The Kier molecular flexibility index (Phi) is 4.68. The van der Waals surface area contributed by atoms with Crippen molar-refractivity contribution in [1.29, 1.82) is 0 Å². The third-order valence-corrected chi connectivity index (χ3v) is 2.44. The molecule has 0 radical (unpaired) electrons. The van der Waals surface area contributed by atoms with Gasteiger partial charge < -0.3 is 9.73 Å². The van der Waals surface area contributed by atoms with E-state index in [0.717, 1.165) is 0 Å². The fourth-order valence-electron chi connectivity index (χ4n) is 1.45. The smallest absolute Gasteiger partial charge is 0.389 e. The van der Waals surface area contributed by atoms with Crippen LogP contribution >= 0.6 is 11.6 Å². The largest absolute Gasteiger partial charge is 0.448 e. The fraction of sp³-hybridized carbons (Fsp3) is 0.600. The monoisotopic (exact) mass is 255 g/mol. The molecule has 0 aliphatic heterocycles. The van der Waals surface area contributed by atoms with Crippen LogP contribution in [-0.2, 0) is 0 Å². The molecule has 1 rings (SSSR count). The minimum absolute atomic E-state index is 0.0628. The Morgan fingerprint density at radius 2 is 2.12 bits per heavy atom. The molecule has 1 aromatic rings. The predicted octanol–water partition coefficient (Wildman–Crippen LogP) is 3.93. The van der Waals surface area contributed by atoms with Crippen molar-refractivity contribution in [3.8, 4) is 0 Å². The van der Waals surface area contributed by atoms with E-state index in [1.165, 1.54) is 0 Å². The molecule has 0 aliphatic carbocycles. The summed E-state index contributed by atoms with van der Waals surface area (Å²) in [6.07, 6.45) is -4.45. The molecule has 0 saturated heterocycles. The van der Waals surface area contributed by atoms with Crippen LogP contribution in [0.1, 0.15) is 31.1 Å². The van der Waals surface area contributed by atoms with Gasteiger partial charge in [-0.3, -0.25) is 0 Å². The average Bonchev–Trinajstić information content (AvgIpc) is 2.58. The Morgan fingerprint density at radius 1 is 1.44 bits per heavy atom. The first kappa shape index (κ1) is 13.4. The number of halogens is 4. The molecule has 1 unspecified atom stereocenters. The number of hydrogen-bond acceptors (Lipinski definition) is 2. The zero-order valence-corrected chi connectivity index (χ0v) is 9.53. The molecule has 92 valence electrons. The number of furan rings is 1. The van der Waals surface area contributed by atoms with Gasteiger partial charge in [0.05, 0.1) is 6.04 Å². The van der Waals surface area contributed by atoms with Crippen molar-refractivity contribution >= 4 is 11.6 Å². The number of hydrogen-bond donors (Lipinski definition) is 1. The van der Waals surface area contributed by atoms with Crippen molar-refractivity contribution in [2.24, 2.45) is 0 Å². The van der Waals surface area contributed by atoms with E-state index in [-0.39, 0.29) is 17.7 Å². The van der Waals surface area contributed by atoms with Gasteiger partial charge in [-0.1, -0.05) is 0 Å². The fourth-order valence-corrected chi connectivity index (χ4v) is 1.60. The number of rotatable bonds is 5. The summed E-state index contributed by atoms with van der Waals surface area (Å²) in [6, 6.07) is 3.01. The van der Waals surface area contributed by atoms with Gasteiger partial charge >= 0.3 is 6.18 Å². The molecule has 0 bridgehead atoms. The van der Waals surface area contributed by atoms with Gasteiger partial charge in [-0.05, 0) is 43.6 Å². The zero-order valence-electron chi connectivity index (χ0n) is 8.77. The first-order valence-electron chi connectivity index (χ1n) is 4.91. The van der Waals surface area contributed by atoms with Gasteiger partial charge in [0, 0.05) is 6.42 Å². The summed E-state index contributed by atoms with van der Waals surface area (Å²) >= 11 is 5.59. The first-order valence-corrected chi connectivity index (χ1v) is 5.29. The van der Waals surface area contributed by atoms with E-state index in [2.05, 4.69) is 5.32 Å². The van der Waals surface area contributed by atoms with Crippen LogP contribution in [0.15, 0.2) is 16.5 Å². The minimum atomic E-state index is -4.10. The van der Waals surface area contributed by atoms with E-state index >= 15 is 0 Å². The normalized spacial score (nSPS) is 14.1. The summed E-state index contributed by atoms with van der Waals surface area (Å²) in [4.78, 5) is 0. The van der Waals surface area contributed by atoms with Crippen LogP contribution in [0.5, 0.6) is 0 Å². The summed E-state index contributed by atoms with van der Waals surface area (Å²) in [5.41, 5.74) is 0. The van der Waals surface area contributed by atoms with Gasteiger partial charge in [-0.15, -0.1) is 0 Å². The van der Waals surface area contributed by atoms with Gasteiger partial charge in [-0.25, -0.2) is 0 Å². The van der Waals surface area contributed by atoms with E-state index in [4.69, 9.17) is 16.0 Å². The van der Waals surface area contributed by atoms with Crippen LogP contribution in [0.25, 0.3) is 0 Å². The second kappa shape index (κ2) is 5.59. The molecular weight excluding hydrogens is 243 g/mol. The topological polar surface area (TPSA) is 25.2 Å². The van der Waals surface area contributed by atoms with Crippen LogP contribution < -0.4 is 5.32 Å². The molecule has 6 heteroatoms. The maximum atomic E-state index is 12.0. The van der Waals surface area contributed by atoms with E-state index in [1.54, 1.807) is 19.2 Å². The van der Waals surface area contributed by atoms with Crippen LogP contribution in [0, 0.1) is 0 Å². The molecule has 1 heterocycles. The average molecular weight is 256 g/mol. The Bertz CT molecular complexity index is 324. The second-order valence-electron chi connectivity index (χ2n) is 3.49. The highest BCUT2D eigenvalue weighted by Crippen LogP contribution is 2.27. The molecule has 1 atom stereocenters. The predicted molar refractivity (Wildman–Crippen MR) is 55.4 cm³/mol. The third-order valence-electron chi connectivity index (χ3n) is 2.24. The van der Waals surface area contributed by atoms with Crippen LogP contribution in [0.3, 0.4) is 0 Å².